The van der Waals surface area contributed by atoms with E-state index in [0.717, 1.165) is 51.9 Å². The number of carbonyl (C=O) groups excluding carboxylic acids is 2. The van der Waals surface area contributed by atoms with Crippen LogP contribution in [0.2, 0.25) is 0 Å². The van der Waals surface area contributed by atoms with Crippen LogP contribution < -0.4 is 5.32 Å². The van der Waals surface area contributed by atoms with Gasteiger partial charge in [-0.05, 0) is 65.4 Å². The molecule has 2 amide bonds. The molecule has 1 aliphatic rings. The van der Waals surface area contributed by atoms with Crippen molar-refractivity contribution >= 4 is 28.3 Å². The first kappa shape index (κ1) is 25.4. The number of benzene rings is 4. The summed E-state index contributed by atoms with van der Waals surface area (Å²) >= 11 is 0. The molecule has 0 atom stereocenters. The minimum atomic E-state index is -4.47. The van der Waals surface area contributed by atoms with E-state index in [4.69, 9.17) is 4.42 Å². The molecule has 1 aliphatic heterocycles. The van der Waals surface area contributed by atoms with Crippen molar-refractivity contribution in [3.05, 3.63) is 125 Å². The van der Waals surface area contributed by atoms with Crippen LogP contribution in [0.1, 0.15) is 37.6 Å². The molecule has 2 heterocycles. The highest BCUT2D eigenvalue weighted by Gasteiger charge is 2.30. The third-order valence-electron chi connectivity index (χ3n) is 7.03. The molecule has 1 N–H and O–H groups in total. The van der Waals surface area contributed by atoms with E-state index in [-0.39, 0.29) is 11.5 Å². The van der Waals surface area contributed by atoms with Crippen LogP contribution in [0.15, 0.2) is 101 Å². The van der Waals surface area contributed by atoms with Gasteiger partial charge in [-0.15, -0.1) is 0 Å². The number of carbonyl (C=O) groups is 2. The second-order valence-electron chi connectivity index (χ2n) is 9.71. The van der Waals surface area contributed by atoms with Crippen LogP contribution in [0, 0.1) is 0 Å². The predicted octanol–water partition coefficient (Wildman–Crippen LogP) is 7.57. The maximum Gasteiger partial charge on any atom is 0.416 e. The van der Waals surface area contributed by atoms with Crippen LogP contribution in [-0.4, -0.2) is 23.3 Å². The second kappa shape index (κ2) is 10.0. The molecule has 0 saturated heterocycles. The van der Waals surface area contributed by atoms with Gasteiger partial charge in [-0.1, -0.05) is 42.5 Å². The van der Waals surface area contributed by atoms with E-state index in [9.17, 15) is 22.8 Å². The van der Waals surface area contributed by atoms with Crippen molar-refractivity contribution in [2.24, 2.45) is 0 Å². The van der Waals surface area contributed by atoms with Crippen LogP contribution in [-0.2, 0) is 19.1 Å². The molecular formula is C32H23F3N2O3. The molecule has 4 aromatic carbocycles. The molecule has 200 valence electrons. The van der Waals surface area contributed by atoms with Crippen molar-refractivity contribution in [1.82, 2.24) is 4.90 Å². The Labute approximate surface area is 227 Å². The summed E-state index contributed by atoms with van der Waals surface area (Å²) in [6.07, 6.45) is -3.88. The second-order valence-corrected chi connectivity index (χ2v) is 9.71. The van der Waals surface area contributed by atoms with Crippen molar-refractivity contribution in [3.63, 3.8) is 0 Å². The lowest BCUT2D eigenvalue weighted by molar-refractivity contribution is -0.137. The standard InChI is InChI=1S/C32H23F3N2O3/c33-32(34,35)26-12-10-21(11-13-26)30(38)36-27-7-3-6-23(17-27)29-18-25-19-37(15-14-28(25)40-29)31(39)24-9-8-20-4-1-2-5-22(20)16-24/h1-13,16-18H,14-15,19H2,(H,36,38). The fraction of sp³-hybridized carbons (Fsp3) is 0.125. The first-order chi connectivity index (χ1) is 19.2. The maximum atomic E-state index is 13.3. The highest BCUT2D eigenvalue weighted by atomic mass is 19.4. The zero-order valence-electron chi connectivity index (χ0n) is 21.2. The minimum Gasteiger partial charge on any atom is -0.461 e. The van der Waals surface area contributed by atoms with Crippen molar-refractivity contribution in [2.75, 3.05) is 11.9 Å². The van der Waals surface area contributed by atoms with Crippen LogP contribution in [0.25, 0.3) is 22.1 Å². The van der Waals surface area contributed by atoms with E-state index in [0.29, 0.717) is 36.5 Å². The van der Waals surface area contributed by atoms with Crippen molar-refractivity contribution < 1.29 is 27.2 Å². The maximum absolute atomic E-state index is 13.3. The first-order valence-corrected chi connectivity index (χ1v) is 12.7. The number of hydrogen-bond donors (Lipinski definition) is 1. The molecule has 8 heteroatoms. The minimum absolute atomic E-state index is 0.0351. The summed E-state index contributed by atoms with van der Waals surface area (Å²) in [5, 5.41) is 4.82. The van der Waals surface area contributed by atoms with Gasteiger partial charge in [0.1, 0.15) is 11.5 Å². The lowest BCUT2D eigenvalue weighted by atomic mass is 10.0. The molecule has 0 aliphatic carbocycles. The molecule has 0 spiro atoms. The Morgan fingerprint density at radius 2 is 1.55 bits per heavy atom. The molecule has 1 aromatic heterocycles. The summed E-state index contributed by atoms with van der Waals surface area (Å²) in [7, 11) is 0. The van der Waals surface area contributed by atoms with Gasteiger partial charge in [-0.2, -0.15) is 13.2 Å². The number of hydrogen-bond acceptors (Lipinski definition) is 3. The molecule has 5 nitrogen and oxygen atoms in total. The van der Waals surface area contributed by atoms with Crippen LogP contribution in [0.5, 0.6) is 0 Å². The fourth-order valence-corrected chi connectivity index (χ4v) is 4.92. The van der Waals surface area contributed by atoms with Gasteiger partial charge in [0, 0.05) is 47.5 Å². The number of nitrogens with zero attached hydrogens (tertiary/aromatic N) is 1. The molecule has 6 rings (SSSR count). The Balaban J connectivity index is 1.16. The monoisotopic (exact) mass is 540 g/mol. The Bertz CT molecular complexity index is 1740. The summed E-state index contributed by atoms with van der Waals surface area (Å²) in [4.78, 5) is 27.7. The molecule has 0 fully saturated rings. The summed E-state index contributed by atoms with van der Waals surface area (Å²) in [5.41, 5.74) is 2.07. The van der Waals surface area contributed by atoms with Crippen molar-refractivity contribution in [3.8, 4) is 11.3 Å². The SMILES string of the molecule is O=C(Nc1cccc(-c2cc3c(o2)CCN(C(=O)c2ccc4ccccc4c2)C3)c1)c1ccc(C(F)(F)F)cc1. The van der Waals surface area contributed by atoms with E-state index in [1.807, 2.05) is 59.5 Å². The number of furan rings is 1. The number of rotatable bonds is 4. The van der Waals surface area contributed by atoms with Gasteiger partial charge in [-0.25, -0.2) is 0 Å². The Morgan fingerprint density at radius 3 is 2.33 bits per heavy atom. The summed E-state index contributed by atoms with van der Waals surface area (Å²) in [5.74, 6) is 0.868. The van der Waals surface area contributed by atoms with E-state index in [1.54, 1.807) is 18.2 Å². The zero-order chi connectivity index (χ0) is 27.9. The van der Waals surface area contributed by atoms with Gasteiger partial charge >= 0.3 is 6.18 Å². The van der Waals surface area contributed by atoms with Crippen LogP contribution in [0.4, 0.5) is 18.9 Å². The quantitative estimate of drug-likeness (QED) is 0.256. The molecule has 0 radical (unpaired) electrons. The number of nitrogens with one attached hydrogen (secondary N) is 1. The third kappa shape index (κ3) is 5.08. The lowest BCUT2D eigenvalue weighted by Crippen LogP contribution is -2.35. The largest absolute Gasteiger partial charge is 0.461 e. The average molecular weight is 541 g/mol. The number of fused-ring (bicyclic) bond motifs is 2. The molecule has 5 aromatic rings. The number of halogens is 3. The zero-order valence-corrected chi connectivity index (χ0v) is 21.2. The summed E-state index contributed by atoms with van der Waals surface area (Å²) in [6.45, 7) is 0.962. The Kier molecular flexibility index (Phi) is 6.38. The van der Waals surface area contributed by atoms with Crippen molar-refractivity contribution in [2.45, 2.75) is 19.1 Å². The van der Waals surface area contributed by atoms with Gasteiger partial charge in [0.25, 0.3) is 11.8 Å². The van der Waals surface area contributed by atoms with Gasteiger partial charge in [0.15, 0.2) is 0 Å². The van der Waals surface area contributed by atoms with Crippen molar-refractivity contribution in [1.29, 1.82) is 0 Å². The molecular weight excluding hydrogens is 517 g/mol. The third-order valence-corrected chi connectivity index (χ3v) is 7.03. The van der Waals surface area contributed by atoms with Gasteiger partial charge in [0.05, 0.1) is 5.56 Å². The van der Waals surface area contributed by atoms with Crippen LogP contribution in [0.3, 0.4) is 0 Å². The number of amides is 2. The smallest absolute Gasteiger partial charge is 0.416 e. The number of alkyl halides is 3. The van der Waals surface area contributed by atoms with Gasteiger partial charge in [0.2, 0.25) is 0 Å². The molecule has 0 unspecified atom stereocenters. The molecule has 40 heavy (non-hydrogen) atoms. The summed E-state index contributed by atoms with van der Waals surface area (Å²) < 4.78 is 44.6. The highest BCUT2D eigenvalue weighted by Crippen LogP contribution is 2.32. The lowest BCUT2D eigenvalue weighted by Gasteiger charge is -2.26. The first-order valence-electron chi connectivity index (χ1n) is 12.7. The Morgan fingerprint density at radius 1 is 0.800 bits per heavy atom. The van der Waals surface area contributed by atoms with E-state index >= 15 is 0 Å². The average Bonchev–Trinajstić information content (AvgIpc) is 3.40. The van der Waals surface area contributed by atoms with E-state index in [1.165, 1.54) is 0 Å². The van der Waals surface area contributed by atoms with E-state index < -0.39 is 17.6 Å². The normalized spacial score (nSPS) is 13.2. The van der Waals surface area contributed by atoms with E-state index in [2.05, 4.69) is 5.32 Å². The van der Waals surface area contributed by atoms with Gasteiger partial charge in [-0.3, -0.25) is 9.59 Å². The van der Waals surface area contributed by atoms with Gasteiger partial charge < -0.3 is 14.6 Å². The molecule has 0 saturated carbocycles. The number of anilines is 1. The highest BCUT2D eigenvalue weighted by molar-refractivity contribution is 6.04. The predicted molar refractivity (Wildman–Crippen MR) is 146 cm³/mol. The fourth-order valence-electron chi connectivity index (χ4n) is 4.92. The summed E-state index contributed by atoms with van der Waals surface area (Å²) in [6, 6.07) is 26.6. The molecule has 0 bridgehead atoms. The van der Waals surface area contributed by atoms with Crippen LogP contribution >= 0.6 is 0 Å². The Hall–Kier alpha value is -4.85. The topological polar surface area (TPSA) is 62.6 Å².